The zero-order chi connectivity index (χ0) is 30.1. The van der Waals surface area contributed by atoms with Crippen LogP contribution in [-0.4, -0.2) is 59.3 Å². The molecule has 4 rings (SSSR count). The summed E-state index contributed by atoms with van der Waals surface area (Å²) in [5.41, 5.74) is 3.28. The number of nitrogens with one attached hydrogen (secondary N) is 2. The van der Waals surface area contributed by atoms with Gasteiger partial charge in [0.1, 0.15) is 12.3 Å². The van der Waals surface area contributed by atoms with Gasteiger partial charge in [0, 0.05) is 12.6 Å². The molecule has 2 N–H and O–H groups in total. The summed E-state index contributed by atoms with van der Waals surface area (Å²) in [6.07, 6.45) is 3.72. The number of thiazole rings is 1. The summed E-state index contributed by atoms with van der Waals surface area (Å²) in [6.45, 7) is 14.2. The number of hydrogen-bond acceptors (Lipinski definition) is 6. The highest BCUT2D eigenvalue weighted by molar-refractivity contribution is 7.13. The van der Waals surface area contributed by atoms with Crippen LogP contribution in [0.1, 0.15) is 90.9 Å². The van der Waals surface area contributed by atoms with E-state index in [1.54, 1.807) is 11.3 Å². The fourth-order valence-electron chi connectivity index (χ4n) is 4.67. The molecule has 7 nitrogen and oxygen atoms in total. The van der Waals surface area contributed by atoms with Crippen molar-refractivity contribution in [2.45, 2.75) is 104 Å². The lowest BCUT2D eigenvalue weighted by Crippen LogP contribution is -2.57. The second-order valence-corrected chi connectivity index (χ2v) is 12.1. The molecule has 1 aromatic carbocycles. The number of alkyl halides is 1. The molecule has 3 atom stereocenters. The summed E-state index contributed by atoms with van der Waals surface area (Å²) >= 11 is 1.70. The first-order chi connectivity index (χ1) is 18.9. The first-order valence-corrected chi connectivity index (χ1v) is 15.3. The Labute approximate surface area is 243 Å². The number of aldehydes is 1. The van der Waals surface area contributed by atoms with Gasteiger partial charge in [0.25, 0.3) is 5.91 Å². The maximum absolute atomic E-state index is 13.8. The normalized spacial score (nSPS) is 18.8. The van der Waals surface area contributed by atoms with Crippen molar-refractivity contribution in [3.8, 4) is 10.4 Å². The summed E-state index contributed by atoms with van der Waals surface area (Å²) in [7, 11) is 2.01. The van der Waals surface area contributed by atoms with Crippen molar-refractivity contribution in [2.75, 3.05) is 13.6 Å². The van der Waals surface area contributed by atoms with Crippen molar-refractivity contribution in [1.29, 1.82) is 0 Å². The number of hydrogen-bond donors (Lipinski definition) is 2. The minimum atomic E-state index is -1.81. The summed E-state index contributed by atoms with van der Waals surface area (Å²) in [6, 6.07) is 7.99. The van der Waals surface area contributed by atoms with E-state index in [1.807, 2.05) is 47.2 Å². The van der Waals surface area contributed by atoms with Gasteiger partial charge in [0.2, 0.25) is 5.91 Å². The molecular weight excluding hydrogens is 527 g/mol. The van der Waals surface area contributed by atoms with Crippen molar-refractivity contribution < 1.29 is 18.8 Å². The van der Waals surface area contributed by atoms with Crippen LogP contribution in [0.5, 0.6) is 0 Å². The number of rotatable bonds is 8. The number of carbonyl (C=O) groups is 3. The third-order valence-electron chi connectivity index (χ3n) is 7.30. The lowest BCUT2D eigenvalue weighted by Gasteiger charge is -2.35. The molecule has 2 aromatic rings. The quantitative estimate of drug-likeness (QED) is 0.376. The van der Waals surface area contributed by atoms with Gasteiger partial charge in [-0.05, 0) is 62.6 Å². The molecule has 1 saturated carbocycles. The highest BCUT2D eigenvalue weighted by Gasteiger charge is 2.53. The van der Waals surface area contributed by atoms with E-state index in [0.29, 0.717) is 19.0 Å². The molecule has 9 heteroatoms. The Kier molecular flexibility index (Phi) is 12.4. The van der Waals surface area contributed by atoms with Crippen molar-refractivity contribution in [3.05, 3.63) is 41.0 Å². The van der Waals surface area contributed by atoms with Gasteiger partial charge in [-0.3, -0.25) is 9.59 Å². The van der Waals surface area contributed by atoms with Gasteiger partial charge in [-0.25, -0.2) is 9.37 Å². The fraction of sp³-hybridized carbons (Fsp3) is 0.613. The van der Waals surface area contributed by atoms with Crippen molar-refractivity contribution >= 4 is 29.4 Å². The Morgan fingerprint density at radius 2 is 1.85 bits per heavy atom. The maximum atomic E-state index is 13.8. The molecule has 1 aromatic heterocycles. The summed E-state index contributed by atoms with van der Waals surface area (Å²) in [5.74, 6) is -1.01. The second-order valence-electron chi connectivity index (χ2n) is 11.3. The van der Waals surface area contributed by atoms with Crippen LogP contribution in [0.25, 0.3) is 10.4 Å². The first-order valence-electron chi connectivity index (χ1n) is 14.4. The second kappa shape index (κ2) is 14.8. The molecular formula is C31H47FN4O3S. The van der Waals surface area contributed by atoms with E-state index in [1.165, 1.54) is 20.9 Å². The topological polar surface area (TPSA) is 91.4 Å². The van der Waals surface area contributed by atoms with Gasteiger partial charge in [-0.1, -0.05) is 65.8 Å². The number of nitrogens with zero attached hydrogens (tertiary/aromatic N) is 2. The van der Waals surface area contributed by atoms with Gasteiger partial charge in [0.15, 0.2) is 5.67 Å². The molecule has 1 aliphatic heterocycles. The maximum Gasteiger partial charge on any atom is 0.258 e. The molecule has 0 spiro atoms. The molecule has 1 aliphatic carbocycles. The molecule has 0 radical (unpaired) electrons. The standard InChI is InChI=1S/C15H23FN2O3.C14H18N2S.C2H6/c1-14(2,3)11(17-13(21)15(16)6-7-15)12(20)18-8-4-5-10(18)9-19;1-4-13(15-3)11-5-7-12(8-6-11)14-10(2)16-9-17-14;1-2/h9-11H,4-8H2,1-3H3,(H,17,21);5-9,13,15H,4H2,1-3H3;1-2H3. The van der Waals surface area contributed by atoms with Crippen LogP contribution in [0.2, 0.25) is 0 Å². The Balaban J connectivity index is 0.000000269. The van der Waals surface area contributed by atoms with Crippen LogP contribution in [0.4, 0.5) is 4.39 Å². The molecule has 2 amide bonds. The number of carbonyl (C=O) groups excluding carboxylic acids is 3. The summed E-state index contributed by atoms with van der Waals surface area (Å²) in [4.78, 5) is 42.7. The zero-order valence-corrected chi connectivity index (χ0v) is 26.2. The molecule has 1 saturated heterocycles. The third kappa shape index (κ3) is 8.43. The minimum absolute atomic E-state index is 0.213. The van der Waals surface area contributed by atoms with E-state index in [2.05, 4.69) is 53.7 Å². The highest BCUT2D eigenvalue weighted by atomic mass is 32.1. The van der Waals surface area contributed by atoms with Crippen LogP contribution in [-0.2, 0) is 14.4 Å². The van der Waals surface area contributed by atoms with E-state index < -0.39 is 29.1 Å². The van der Waals surface area contributed by atoms with E-state index >= 15 is 0 Å². The Bertz CT molecular complexity index is 1100. The van der Waals surface area contributed by atoms with Crippen LogP contribution in [0.15, 0.2) is 29.8 Å². The van der Waals surface area contributed by atoms with Crippen LogP contribution >= 0.6 is 11.3 Å². The first kappa shape index (κ1) is 33.6. The van der Waals surface area contributed by atoms with E-state index in [9.17, 15) is 18.8 Å². The van der Waals surface area contributed by atoms with Gasteiger partial charge >= 0.3 is 0 Å². The number of likely N-dealkylation sites (tertiary alicyclic amines) is 1. The number of amides is 2. The van der Waals surface area contributed by atoms with Crippen LogP contribution in [0.3, 0.4) is 0 Å². The summed E-state index contributed by atoms with van der Waals surface area (Å²) < 4.78 is 13.8. The van der Waals surface area contributed by atoms with E-state index in [-0.39, 0.29) is 18.7 Å². The lowest BCUT2D eigenvalue weighted by molar-refractivity contribution is -0.142. The highest BCUT2D eigenvalue weighted by Crippen LogP contribution is 2.40. The zero-order valence-electron chi connectivity index (χ0n) is 25.3. The largest absolute Gasteiger partial charge is 0.341 e. The lowest BCUT2D eigenvalue weighted by atomic mass is 9.85. The smallest absolute Gasteiger partial charge is 0.258 e. The van der Waals surface area contributed by atoms with Crippen LogP contribution in [0, 0.1) is 12.3 Å². The van der Waals surface area contributed by atoms with Crippen LogP contribution < -0.4 is 10.6 Å². The average Bonchev–Trinajstić information content (AvgIpc) is 3.31. The van der Waals surface area contributed by atoms with Gasteiger partial charge in [-0.2, -0.15) is 0 Å². The third-order valence-corrected chi connectivity index (χ3v) is 8.28. The fourth-order valence-corrected chi connectivity index (χ4v) is 5.48. The van der Waals surface area contributed by atoms with Gasteiger partial charge < -0.3 is 20.3 Å². The number of halogens is 1. The number of aromatic nitrogens is 1. The van der Waals surface area contributed by atoms with Gasteiger partial charge in [-0.15, -0.1) is 11.3 Å². The van der Waals surface area contributed by atoms with Crippen molar-refractivity contribution in [1.82, 2.24) is 20.5 Å². The SMILES string of the molecule is CC.CC(C)(C)C(NC(=O)C1(F)CC1)C(=O)N1CCCC1C=O.CCC(NC)c1ccc(-c2scnc2C)cc1. The summed E-state index contributed by atoms with van der Waals surface area (Å²) in [5, 5.41) is 5.88. The average molecular weight is 575 g/mol. The van der Waals surface area contributed by atoms with Crippen molar-refractivity contribution in [2.24, 2.45) is 5.41 Å². The van der Waals surface area contributed by atoms with E-state index in [4.69, 9.17) is 0 Å². The number of benzene rings is 1. The molecule has 222 valence electrons. The minimum Gasteiger partial charge on any atom is -0.341 e. The predicted molar refractivity (Wildman–Crippen MR) is 161 cm³/mol. The molecule has 2 fully saturated rings. The monoisotopic (exact) mass is 574 g/mol. The van der Waals surface area contributed by atoms with E-state index in [0.717, 1.165) is 24.8 Å². The molecule has 0 bridgehead atoms. The Morgan fingerprint density at radius 1 is 1.23 bits per heavy atom. The predicted octanol–water partition coefficient (Wildman–Crippen LogP) is 6.02. The molecule has 2 heterocycles. The van der Waals surface area contributed by atoms with Crippen molar-refractivity contribution in [3.63, 3.8) is 0 Å². The number of aryl methyl sites for hydroxylation is 1. The molecule has 2 aliphatic rings. The Morgan fingerprint density at radius 3 is 2.30 bits per heavy atom. The Hall–Kier alpha value is -2.65. The molecule has 3 unspecified atom stereocenters. The molecule has 40 heavy (non-hydrogen) atoms. The van der Waals surface area contributed by atoms with Gasteiger partial charge in [0.05, 0.1) is 22.1 Å².